The van der Waals surface area contributed by atoms with E-state index in [9.17, 15) is 18.0 Å². The number of hydrogen-bond acceptors (Lipinski definition) is 7. The van der Waals surface area contributed by atoms with Crippen molar-refractivity contribution < 1.29 is 13.2 Å². The lowest BCUT2D eigenvalue weighted by Gasteiger charge is -2.11. The van der Waals surface area contributed by atoms with Crippen LogP contribution in [0.5, 0.6) is 0 Å². The molecule has 0 saturated carbocycles. The van der Waals surface area contributed by atoms with Gasteiger partial charge in [0.15, 0.2) is 0 Å². The fourth-order valence-electron chi connectivity index (χ4n) is 3.54. The van der Waals surface area contributed by atoms with Crippen LogP contribution in [0.25, 0.3) is 11.0 Å². The van der Waals surface area contributed by atoms with Gasteiger partial charge >= 0.3 is 0 Å². The predicted octanol–water partition coefficient (Wildman–Crippen LogP) is 2.88. The maximum atomic E-state index is 12.8. The first-order chi connectivity index (χ1) is 16.2. The summed E-state index contributed by atoms with van der Waals surface area (Å²) in [6, 6.07) is 12.1. The molecular formula is C23H22N6O4S. The Kier molecular flexibility index (Phi) is 6.12. The van der Waals surface area contributed by atoms with Crippen molar-refractivity contribution in [2.45, 2.75) is 32.2 Å². The zero-order valence-corrected chi connectivity index (χ0v) is 19.5. The van der Waals surface area contributed by atoms with Crippen LogP contribution in [0.1, 0.15) is 28.8 Å². The van der Waals surface area contributed by atoms with Crippen molar-refractivity contribution in [1.82, 2.24) is 19.5 Å². The standard InChI is InChI=1S/C23H22N6O4S/c1-4-29-21-16(6-5-11-24-21)13-19(23(29)31)22(30)27-17-7-9-18(10-8-17)34(32,33)28-20-12-14(2)25-15(3)26-20/h5-13H,4H2,1-3H3,(H,27,30)(H,25,26,28). The minimum Gasteiger partial charge on any atom is -0.322 e. The first-order valence-corrected chi connectivity index (χ1v) is 11.9. The molecule has 34 heavy (non-hydrogen) atoms. The lowest BCUT2D eigenvalue weighted by molar-refractivity contribution is 0.102. The number of nitrogens with zero attached hydrogens (tertiary/aromatic N) is 4. The summed E-state index contributed by atoms with van der Waals surface area (Å²) in [6.45, 7) is 5.57. The number of carbonyl (C=O) groups is 1. The molecule has 10 nitrogen and oxygen atoms in total. The summed E-state index contributed by atoms with van der Waals surface area (Å²) in [5.74, 6) is 0.0152. The van der Waals surface area contributed by atoms with Gasteiger partial charge in [-0.25, -0.2) is 23.4 Å². The summed E-state index contributed by atoms with van der Waals surface area (Å²) >= 11 is 0. The Balaban J connectivity index is 1.57. The Morgan fingerprint density at radius 1 is 1.06 bits per heavy atom. The van der Waals surface area contributed by atoms with Crippen LogP contribution in [-0.4, -0.2) is 33.8 Å². The molecule has 0 saturated heterocycles. The Bertz CT molecular complexity index is 1540. The zero-order valence-electron chi connectivity index (χ0n) is 18.7. The number of carbonyl (C=O) groups excluding carboxylic acids is 1. The van der Waals surface area contributed by atoms with Crippen molar-refractivity contribution >= 4 is 38.5 Å². The summed E-state index contributed by atoms with van der Waals surface area (Å²) in [6.07, 6.45) is 1.59. The molecule has 174 valence electrons. The molecule has 3 aromatic heterocycles. The molecule has 0 spiro atoms. The van der Waals surface area contributed by atoms with E-state index >= 15 is 0 Å². The van der Waals surface area contributed by atoms with E-state index < -0.39 is 21.5 Å². The van der Waals surface area contributed by atoms with Gasteiger partial charge in [0.1, 0.15) is 22.9 Å². The molecule has 1 amide bonds. The molecule has 0 bridgehead atoms. The van der Waals surface area contributed by atoms with Gasteiger partial charge in [-0.1, -0.05) is 0 Å². The molecular weight excluding hydrogens is 456 g/mol. The van der Waals surface area contributed by atoms with Gasteiger partial charge in [-0.2, -0.15) is 0 Å². The Morgan fingerprint density at radius 2 is 1.79 bits per heavy atom. The normalized spacial score (nSPS) is 11.4. The van der Waals surface area contributed by atoms with E-state index in [-0.39, 0.29) is 16.3 Å². The molecule has 0 radical (unpaired) electrons. The molecule has 4 aromatic rings. The minimum absolute atomic E-state index is 0.00969. The van der Waals surface area contributed by atoms with Crippen molar-refractivity contribution in [2.24, 2.45) is 0 Å². The lowest BCUT2D eigenvalue weighted by Crippen LogP contribution is -2.29. The van der Waals surface area contributed by atoms with E-state index in [1.807, 2.05) is 0 Å². The van der Waals surface area contributed by atoms with Crippen molar-refractivity contribution in [3.8, 4) is 0 Å². The third-order valence-electron chi connectivity index (χ3n) is 5.04. The number of aromatic nitrogens is 4. The number of aryl methyl sites for hydroxylation is 3. The van der Waals surface area contributed by atoms with Crippen LogP contribution in [-0.2, 0) is 16.6 Å². The third-order valence-corrected chi connectivity index (χ3v) is 6.41. The molecule has 2 N–H and O–H groups in total. The highest BCUT2D eigenvalue weighted by Crippen LogP contribution is 2.19. The molecule has 0 fully saturated rings. The van der Waals surface area contributed by atoms with Gasteiger partial charge in [-0.15, -0.1) is 0 Å². The lowest BCUT2D eigenvalue weighted by atomic mass is 10.2. The predicted molar refractivity (Wildman–Crippen MR) is 128 cm³/mol. The highest BCUT2D eigenvalue weighted by molar-refractivity contribution is 7.92. The number of pyridine rings is 2. The summed E-state index contributed by atoms with van der Waals surface area (Å²) in [5, 5.41) is 3.31. The Morgan fingerprint density at radius 3 is 2.47 bits per heavy atom. The molecule has 0 unspecified atom stereocenters. The van der Waals surface area contributed by atoms with Crippen LogP contribution in [0.4, 0.5) is 11.5 Å². The molecule has 3 heterocycles. The van der Waals surface area contributed by atoms with Gasteiger partial charge in [0.05, 0.1) is 4.90 Å². The number of amides is 1. The summed E-state index contributed by atoms with van der Waals surface area (Å²) in [7, 11) is -3.90. The van der Waals surface area contributed by atoms with E-state index in [1.165, 1.54) is 41.0 Å². The second-order valence-corrected chi connectivity index (χ2v) is 9.23. The number of fused-ring (bicyclic) bond motifs is 1. The third kappa shape index (κ3) is 4.64. The molecule has 11 heteroatoms. The molecule has 0 atom stereocenters. The highest BCUT2D eigenvalue weighted by Gasteiger charge is 2.18. The number of rotatable bonds is 6. The maximum absolute atomic E-state index is 12.8. The largest absolute Gasteiger partial charge is 0.322 e. The van der Waals surface area contributed by atoms with E-state index in [0.29, 0.717) is 34.8 Å². The topological polar surface area (TPSA) is 136 Å². The smallest absolute Gasteiger partial charge is 0.265 e. The second kappa shape index (κ2) is 9.02. The SMILES string of the molecule is CCn1c(=O)c(C(=O)Nc2ccc(S(=O)(=O)Nc3cc(C)nc(C)n3)cc2)cc2cccnc21. The van der Waals surface area contributed by atoms with Gasteiger partial charge in [0, 0.05) is 35.6 Å². The first kappa shape index (κ1) is 23.1. The average Bonchev–Trinajstić information content (AvgIpc) is 2.78. The Labute approximate surface area is 195 Å². The van der Waals surface area contributed by atoms with E-state index in [0.717, 1.165) is 0 Å². The van der Waals surface area contributed by atoms with Crippen molar-refractivity contribution in [3.05, 3.63) is 82.2 Å². The van der Waals surface area contributed by atoms with E-state index in [4.69, 9.17) is 0 Å². The van der Waals surface area contributed by atoms with Gasteiger partial charge in [0.2, 0.25) is 0 Å². The number of nitrogens with one attached hydrogen (secondary N) is 2. The summed E-state index contributed by atoms with van der Waals surface area (Å²) < 4.78 is 29.3. The number of hydrogen-bond donors (Lipinski definition) is 2. The monoisotopic (exact) mass is 478 g/mol. The van der Waals surface area contributed by atoms with Crippen LogP contribution in [0, 0.1) is 13.8 Å². The van der Waals surface area contributed by atoms with Crippen molar-refractivity contribution in [1.29, 1.82) is 0 Å². The van der Waals surface area contributed by atoms with E-state index in [1.54, 1.807) is 39.1 Å². The van der Waals surface area contributed by atoms with Gasteiger partial charge in [0.25, 0.3) is 21.5 Å². The summed E-state index contributed by atoms with van der Waals surface area (Å²) in [4.78, 5) is 38.1. The highest BCUT2D eigenvalue weighted by atomic mass is 32.2. The van der Waals surface area contributed by atoms with Crippen LogP contribution in [0.3, 0.4) is 0 Å². The van der Waals surface area contributed by atoms with Crippen LogP contribution >= 0.6 is 0 Å². The molecule has 0 aliphatic heterocycles. The number of anilines is 2. The fraction of sp³-hybridized carbons (Fsp3) is 0.174. The average molecular weight is 479 g/mol. The zero-order chi connectivity index (χ0) is 24.5. The molecule has 4 rings (SSSR count). The second-order valence-electron chi connectivity index (χ2n) is 7.55. The van der Waals surface area contributed by atoms with Crippen LogP contribution < -0.4 is 15.6 Å². The number of sulfonamides is 1. The maximum Gasteiger partial charge on any atom is 0.265 e. The van der Waals surface area contributed by atoms with Crippen molar-refractivity contribution in [3.63, 3.8) is 0 Å². The van der Waals surface area contributed by atoms with Gasteiger partial charge in [-0.3, -0.25) is 18.9 Å². The van der Waals surface area contributed by atoms with E-state index in [2.05, 4.69) is 25.0 Å². The fourth-order valence-corrected chi connectivity index (χ4v) is 4.54. The molecule has 0 aliphatic carbocycles. The van der Waals surface area contributed by atoms with Gasteiger partial charge < -0.3 is 5.32 Å². The number of benzene rings is 1. The Hall–Kier alpha value is -4.12. The molecule has 1 aromatic carbocycles. The van der Waals surface area contributed by atoms with Gasteiger partial charge in [-0.05, 0) is 63.2 Å². The quantitative estimate of drug-likeness (QED) is 0.435. The van der Waals surface area contributed by atoms with Crippen LogP contribution in [0.15, 0.2) is 64.4 Å². The van der Waals surface area contributed by atoms with Crippen LogP contribution in [0.2, 0.25) is 0 Å². The molecule has 0 aliphatic rings. The van der Waals surface area contributed by atoms with Crippen molar-refractivity contribution in [2.75, 3.05) is 10.0 Å². The minimum atomic E-state index is -3.90. The summed E-state index contributed by atoms with van der Waals surface area (Å²) in [5.41, 5.74) is 0.990. The first-order valence-electron chi connectivity index (χ1n) is 10.4.